The van der Waals surface area contributed by atoms with E-state index in [1.807, 2.05) is 0 Å². The van der Waals surface area contributed by atoms with Crippen molar-refractivity contribution in [2.45, 2.75) is 64.3 Å². The second kappa shape index (κ2) is 9.15. The van der Waals surface area contributed by atoms with Crippen molar-refractivity contribution in [3.8, 4) is 0 Å². The van der Waals surface area contributed by atoms with Gasteiger partial charge in [0.2, 0.25) is 5.89 Å². The van der Waals surface area contributed by atoms with E-state index in [0.717, 1.165) is 56.5 Å². The molecular formula is C16H29N3O2. The second-order valence-corrected chi connectivity index (χ2v) is 6.01. The Kier molecular flexibility index (Phi) is 7.16. The molecule has 2 rings (SSSR count). The highest BCUT2D eigenvalue weighted by molar-refractivity contribution is 4.93. The molecular weight excluding hydrogens is 266 g/mol. The molecule has 0 amide bonds. The number of nitrogens with zero attached hydrogens (tertiary/aromatic N) is 2. The number of hydrogen-bond acceptors (Lipinski definition) is 5. The van der Waals surface area contributed by atoms with Gasteiger partial charge in [0.1, 0.15) is 0 Å². The number of aromatic nitrogens is 2. The van der Waals surface area contributed by atoms with Gasteiger partial charge in [-0.3, -0.25) is 0 Å². The lowest BCUT2D eigenvalue weighted by atomic mass is 9.95. The lowest BCUT2D eigenvalue weighted by Crippen LogP contribution is -2.37. The largest absolute Gasteiger partial charge is 0.385 e. The number of ether oxygens (including phenoxy) is 1. The van der Waals surface area contributed by atoms with E-state index in [-0.39, 0.29) is 0 Å². The average Bonchev–Trinajstić information content (AvgIpc) is 3.15. The molecule has 1 unspecified atom stereocenters. The van der Waals surface area contributed by atoms with E-state index >= 15 is 0 Å². The topological polar surface area (TPSA) is 60.2 Å². The van der Waals surface area contributed by atoms with Gasteiger partial charge in [-0.1, -0.05) is 24.9 Å². The van der Waals surface area contributed by atoms with Gasteiger partial charge in [-0.15, -0.1) is 0 Å². The molecule has 1 saturated carbocycles. The van der Waals surface area contributed by atoms with Crippen LogP contribution in [0.15, 0.2) is 4.52 Å². The van der Waals surface area contributed by atoms with Crippen LogP contribution in [0, 0.1) is 5.92 Å². The van der Waals surface area contributed by atoms with Crippen molar-refractivity contribution in [1.82, 2.24) is 15.5 Å². The zero-order valence-electron chi connectivity index (χ0n) is 13.4. The van der Waals surface area contributed by atoms with Crippen LogP contribution in [0.5, 0.6) is 0 Å². The summed E-state index contributed by atoms with van der Waals surface area (Å²) in [7, 11) is 1.72. The quantitative estimate of drug-likeness (QED) is 0.673. The molecule has 120 valence electrons. The van der Waals surface area contributed by atoms with E-state index in [0.29, 0.717) is 6.04 Å². The first-order valence-corrected chi connectivity index (χ1v) is 8.37. The van der Waals surface area contributed by atoms with E-state index in [2.05, 4.69) is 22.4 Å². The van der Waals surface area contributed by atoms with Gasteiger partial charge in [0.15, 0.2) is 5.82 Å². The van der Waals surface area contributed by atoms with Crippen molar-refractivity contribution in [3.63, 3.8) is 0 Å². The van der Waals surface area contributed by atoms with Crippen molar-refractivity contribution in [2.24, 2.45) is 5.92 Å². The minimum atomic E-state index is 0.486. The summed E-state index contributed by atoms with van der Waals surface area (Å²) in [4.78, 5) is 4.53. The summed E-state index contributed by atoms with van der Waals surface area (Å²) < 4.78 is 10.5. The number of nitrogens with one attached hydrogen (secondary N) is 1. The number of aryl methyl sites for hydroxylation is 1. The Morgan fingerprint density at radius 2 is 2.19 bits per heavy atom. The van der Waals surface area contributed by atoms with Crippen LogP contribution in [0.25, 0.3) is 0 Å². The molecule has 21 heavy (non-hydrogen) atoms. The Morgan fingerprint density at radius 1 is 1.38 bits per heavy atom. The Morgan fingerprint density at radius 3 is 2.90 bits per heavy atom. The van der Waals surface area contributed by atoms with Crippen molar-refractivity contribution in [1.29, 1.82) is 0 Å². The Hall–Kier alpha value is -0.940. The van der Waals surface area contributed by atoms with Crippen molar-refractivity contribution >= 4 is 0 Å². The molecule has 1 atom stereocenters. The highest BCUT2D eigenvalue weighted by Crippen LogP contribution is 2.29. The predicted molar refractivity (Wildman–Crippen MR) is 82.2 cm³/mol. The summed E-state index contributed by atoms with van der Waals surface area (Å²) in [5.41, 5.74) is 0. The average molecular weight is 295 g/mol. The molecule has 1 fully saturated rings. The third kappa shape index (κ3) is 5.40. The maximum atomic E-state index is 5.42. The molecule has 0 bridgehead atoms. The van der Waals surface area contributed by atoms with E-state index in [4.69, 9.17) is 9.26 Å². The van der Waals surface area contributed by atoms with E-state index in [9.17, 15) is 0 Å². The molecule has 1 aromatic rings. The van der Waals surface area contributed by atoms with Crippen molar-refractivity contribution in [2.75, 3.05) is 20.3 Å². The third-order valence-corrected chi connectivity index (χ3v) is 4.28. The number of hydrogen-bond donors (Lipinski definition) is 1. The standard InChI is InChI=1S/C16H29N3O2/c1-3-10-17-14(13-7-4-5-8-13)12-16-18-15(19-21-16)9-6-11-20-2/h13-14,17H,3-12H2,1-2H3. The molecule has 1 heterocycles. The van der Waals surface area contributed by atoms with Crippen molar-refractivity contribution in [3.05, 3.63) is 11.7 Å². The lowest BCUT2D eigenvalue weighted by Gasteiger charge is -2.23. The number of methoxy groups -OCH3 is 1. The molecule has 0 saturated heterocycles. The van der Waals surface area contributed by atoms with Crippen LogP contribution in [0.2, 0.25) is 0 Å². The van der Waals surface area contributed by atoms with Gasteiger partial charge in [0, 0.05) is 32.6 Å². The van der Waals surface area contributed by atoms with E-state index < -0.39 is 0 Å². The van der Waals surface area contributed by atoms with Gasteiger partial charge in [0.25, 0.3) is 0 Å². The fourth-order valence-corrected chi connectivity index (χ4v) is 3.13. The summed E-state index contributed by atoms with van der Waals surface area (Å²) in [6, 6.07) is 0.486. The van der Waals surface area contributed by atoms with Gasteiger partial charge in [0.05, 0.1) is 0 Å². The first-order valence-electron chi connectivity index (χ1n) is 8.37. The molecule has 5 nitrogen and oxygen atoms in total. The fraction of sp³-hybridized carbons (Fsp3) is 0.875. The first-order chi connectivity index (χ1) is 10.3. The first kappa shape index (κ1) is 16.4. The summed E-state index contributed by atoms with van der Waals surface area (Å²) >= 11 is 0. The lowest BCUT2D eigenvalue weighted by molar-refractivity contribution is 0.194. The van der Waals surface area contributed by atoms with Gasteiger partial charge < -0.3 is 14.6 Å². The summed E-state index contributed by atoms with van der Waals surface area (Å²) in [5, 5.41) is 7.75. The summed E-state index contributed by atoms with van der Waals surface area (Å²) in [6.07, 6.45) is 9.18. The van der Waals surface area contributed by atoms with Crippen molar-refractivity contribution < 1.29 is 9.26 Å². The maximum absolute atomic E-state index is 5.42. The summed E-state index contributed by atoms with van der Waals surface area (Å²) in [5.74, 6) is 2.35. The zero-order chi connectivity index (χ0) is 14.9. The van der Waals surface area contributed by atoms with Gasteiger partial charge in [-0.25, -0.2) is 0 Å². The molecule has 0 radical (unpaired) electrons. The Labute approximate surface area is 127 Å². The van der Waals surface area contributed by atoms with Gasteiger partial charge >= 0.3 is 0 Å². The minimum Gasteiger partial charge on any atom is -0.385 e. The number of rotatable bonds is 10. The highest BCUT2D eigenvalue weighted by Gasteiger charge is 2.26. The van der Waals surface area contributed by atoms with Gasteiger partial charge in [-0.05, 0) is 38.1 Å². The summed E-state index contributed by atoms with van der Waals surface area (Å²) in [6.45, 7) is 4.02. The Bertz CT molecular complexity index is 389. The molecule has 0 spiro atoms. The maximum Gasteiger partial charge on any atom is 0.228 e. The zero-order valence-corrected chi connectivity index (χ0v) is 13.4. The molecule has 0 aromatic carbocycles. The van der Waals surface area contributed by atoms with Crippen LogP contribution in [-0.2, 0) is 17.6 Å². The molecule has 1 aliphatic rings. The molecule has 0 aliphatic heterocycles. The molecule has 5 heteroatoms. The van der Waals surface area contributed by atoms with Crippen LogP contribution in [-0.4, -0.2) is 36.4 Å². The highest BCUT2D eigenvalue weighted by atomic mass is 16.5. The van der Waals surface area contributed by atoms with Gasteiger partial charge in [-0.2, -0.15) is 4.98 Å². The van der Waals surface area contributed by atoms with Crippen LogP contribution in [0.1, 0.15) is 57.2 Å². The van der Waals surface area contributed by atoms with Crippen LogP contribution >= 0.6 is 0 Å². The van der Waals surface area contributed by atoms with E-state index in [1.54, 1.807) is 7.11 Å². The minimum absolute atomic E-state index is 0.486. The Balaban J connectivity index is 1.86. The van der Waals surface area contributed by atoms with Crippen LogP contribution in [0.4, 0.5) is 0 Å². The monoisotopic (exact) mass is 295 g/mol. The SMILES string of the molecule is CCCNC(Cc1nc(CCCOC)no1)C1CCCC1. The normalized spacial score (nSPS) is 17.4. The molecule has 1 aromatic heterocycles. The van der Waals surface area contributed by atoms with Crippen LogP contribution < -0.4 is 5.32 Å². The smallest absolute Gasteiger partial charge is 0.228 e. The van der Waals surface area contributed by atoms with Crippen LogP contribution in [0.3, 0.4) is 0 Å². The molecule has 1 aliphatic carbocycles. The van der Waals surface area contributed by atoms with E-state index in [1.165, 1.54) is 25.7 Å². The third-order valence-electron chi connectivity index (χ3n) is 4.28. The fourth-order valence-electron chi connectivity index (χ4n) is 3.13. The predicted octanol–water partition coefficient (Wildman–Crippen LogP) is 2.75. The second-order valence-electron chi connectivity index (χ2n) is 6.01. The molecule has 1 N–H and O–H groups in total.